The molecular formula is C28H28F4N6O. The average Bonchev–Trinajstić information content (AvgIpc) is 3.40. The van der Waals surface area contributed by atoms with Crippen LogP contribution in [0.2, 0.25) is 0 Å². The Balaban J connectivity index is 1.32. The maximum atomic E-state index is 15.0. The topological polar surface area (TPSA) is 60.4 Å². The summed E-state index contributed by atoms with van der Waals surface area (Å²) in [6.07, 6.45) is 4.90. The Bertz CT molecular complexity index is 1630. The zero-order valence-corrected chi connectivity index (χ0v) is 21.5. The van der Waals surface area contributed by atoms with E-state index in [0.29, 0.717) is 28.9 Å². The fraction of sp³-hybridized carbons (Fsp3) is 0.464. The second-order valence-electron chi connectivity index (χ2n) is 11.7. The molecule has 1 aromatic carbocycles. The molecule has 2 aliphatic carbocycles. The number of aryl methyl sites for hydroxylation is 1. The van der Waals surface area contributed by atoms with E-state index in [1.165, 1.54) is 31.2 Å². The van der Waals surface area contributed by atoms with Gasteiger partial charge in [0.25, 0.3) is 0 Å². The zero-order chi connectivity index (χ0) is 27.1. The summed E-state index contributed by atoms with van der Waals surface area (Å²) in [4.78, 5) is 15.6. The Hall–Kier alpha value is -3.47. The highest BCUT2D eigenvalue weighted by molar-refractivity contribution is 5.58. The van der Waals surface area contributed by atoms with Crippen LogP contribution in [0.15, 0.2) is 47.8 Å². The first-order valence-corrected chi connectivity index (χ1v) is 13.3. The SMILES string of the molecule is Cn1cnnc1[C@@H](c1cc(F)cc(-n2cc3c(C(F)(F)F)cc(CN4CC5(CC5)C4)cn3c2=O)c1)C1CCC1. The normalized spacial score (nSPS) is 19.8. The highest BCUT2D eigenvalue weighted by atomic mass is 19.4. The second-order valence-corrected chi connectivity index (χ2v) is 11.7. The molecule has 11 heteroatoms. The van der Waals surface area contributed by atoms with Gasteiger partial charge in [0.2, 0.25) is 0 Å². The monoisotopic (exact) mass is 540 g/mol. The van der Waals surface area contributed by atoms with Crippen molar-refractivity contribution in [3.63, 3.8) is 0 Å². The molecule has 1 saturated heterocycles. The summed E-state index contributed by atoms with van der Waals surface area (Å²) in [6, 6.07) is 5.42. The summed E-state index contributed by atoms with van der Waals surface area (Å²) < 4.78 is 61.5. The maximum Gasteiger partial charge on any atom is 0.418 e. The van der Waals surface area contributed by atoms with Crippen LogP contribution in [0.1, 0.15) is 60.5 Å². The van der Waals surface area contributed by atoms with E-state index < -0.39 is 23.2 Å². The van der Waals surface area contributed by atoms with Crippen molar-refractivity contribution >= 4 is 5.52 Å². The van der Waals surface area contributed by atoms with Gasteiger partial charge in [0, 0.05) is 45.0 Å². The molecule has 1 aliphatic heterocycles. The van der Waals surface area contributed by atoms with Gasteiger partial charge in [0.1, 0.15) is 18.0 Å². The number of nitrogens with zero attached hydrogens (tertiary/aromatic N) is 6. The Morgan fingerprint density at radius 2 is 1.87 bits per heavy atom. The van der Waals surface area contributed by atoms with E-state index in [9.17, 15) is 18.0 Å². The van der Waals surface area contributed by atoms with Gasteiger partial charge in [-0.2, -0.15) is 13.2 Å². The van der Waals surface area contributed by atoms with E-state index >= 15 is 4.39 Å². The van der Waals surface area contributed by atoms with Crippen LogP contribution in [0.3, 0.4) is 0 Å². The smallest absolute Gasteiger partial charge is 0.320 e. The molecule has 0 amide bonds. The Labute approximate surface area is 221 Å². The van der Waals surface area contributed by atoms with Crippen LogP contribution < -0.4 is 5.69 Å². The number of hydrogen-bond acceptors (Lipinski definition) is 4. The van der Waals surface area contributed by atoms with Crippen molar-refractivity contribution in [2.24, 2.45) is 18.4 Å². The Morgan fingerprint density at radius 1 is 1.10 bits per heavy atom. The second kappa shape index (κ2) is 8.51. The summed E-state index contributed by atoms with van der Waals surface area (Å²) >= 11 is 0. The number of likely N-dealkylation sites (tertiary alicyclic amines) is 1. The van der Waals surface area contributed by atoms with Crippen molar-refractivity contribution < 1.29 is 17.6 Å². The van der Waals surface area contributed by atoms with Gasteiger partial charge in [-0.3, -0.25) is 13.9 Å². The van der Waals surface area contributed by atoms with E-state index in [1.54, 1.807) is 17.0 Å². The predicted molar refractivity (Wildman–Crippen MR) is 135 cm³/mol. The standard InChI is InChI=1S/C28H28F4N6O/c1-35-16-33-34-25(35)24(18-3-2-4-18)19-8-20(29)10-21(9-19)37-13-23-22(28(30,31)32)7-17(12-38(23)26(37)39)11-36-14-27(15-36)5-6-27/h7-10,12-13,16,18,24H,2-6,11,14-15H2,1H3/t24-/m1/s1. The van der Waals surface area contributed by atoms with Crippen molar-refractivity contribution in [3.05, 3.63) is 81.8 Å². The van der Waals surface area contributed by atoms with Crippen LogP contribution in [0.25, 0.3) is 11.2 Å². The van der Waals surface area contributed by atoms with Gasteiger partial charge in [-0.1, -0.05) is 6.42 Å². The van der Waals surface area contributed by atoms with Crippen LogP contribution in [-0.2, 0) is 19.8 Å². The molecule has 3 aliphatic rings. The van der Waals surface area contributed by atoms with E-state index in [0.717, 1.165) is 53.6 Å². The van der Waals surface area contributed by atoms with Crippen molar-refractivity contribution in [2.45, 2.75) is 50.7 Å². The van der Waals surface area contributed by atoms with Crippen LogP contribution in [0.4, 0.5) is 17.6 Å². The molecule has 7 nitrogen and oxygen atoms in total. The number of benzene rings is 1. The molecule has 204 valence electrons. The summed E-state index contributed by atoms with van der Waals surface area (Å²) in [5.41, 5.74) is -0.204. The number of imidazole rings is 1. The largest absolute Gasteiger partial charge is 0.418 e. The first kappa shape index (κ1) is 24.6. The van der Waals surface area contributed by atoms with E-state index in [2.05, 4.69) is 15.1 Å². The summed E-state index contributed by atoms with van der Waals surface area (Å²) in [5, 5.41) is 8.25. The molecule has 0 unspecified atom stereocenters. The number of pyridine rings is 1. The fourth-order valence-electron chi connectivity index (χ4n) is 6.40. The molecule has 1 spiro atoms. The van der Waals surface area contributed by atoms with Gasteiger partial charge >= 0.3 is 11.9 Å². The lowest BCUT2D eigenvalue weighted by atomic mass is 9.72. The van der Waals surface area contributed by atoms with Gasteiger partial charge in [0.15, 0.2) is 0 Å². The minimum atomic E-state index is -4.65. The van der Waals surface area contributed by atoms with Crippen LogP contribution in [-0.4, -0.2) is 41.7 Å². The average molecular weight is 541 g/mol. The first-order chi connectivity index (χ1) is 18.6. The van der Waals surface area contributed by atoms with E-state index in [-0.39, 0.29) is 23.0 Å². The molecule has 1 atom stereocenters. The van der Waals surface area contributed by atoms with Crippen molar-refractivity contribution in [1.29, 1.82) is 0 Å². The van der Waals surface area contributed by atoms with Gasteiger partial charge in [-0.25, -0.2) is 9.18 Å². The summed E-state index contributed by atoms with van der Waals surface area (Å²) in [6.45, 7) is 2.10. The number of fused-ring (bicyclic) bond motifs is 1. The number of rotatable bonds is 6. The quantitative estimate of drug-likeness (QED) is 0.327. The van der Waals surface area contributed by atoms with Gasteiger partial charge in [-0.15, -0.1) is 10.2 Å². The molecule has 39 heavy (non-hydrogen) atoms. The van der Waals surface area contributed by atoms with Crippen molar-refractivity contribution in [3.8, 4) is 5.69 Å². The van der Waals surface area contributed by atoms with Gasteiger partial charge in [-0.05, 0) is 72.4 Å². The number of halogens is 4. The fourth-order valence-corrected chi connectivity index (χ4v) is 6.40. The molecular weight excluding hydrogens is 512 g/mol. The van der Waals surface area contributed by atoms with E-state index in [1.807, 2.05) is 7.05 Å². The minimum absolute atomic E-state index is 0.179. The summed E-state index contributed by atoms with van der Waals surface area (Å²) in [5.74, 6) is 0.119. The molecule has 3 aromatic heterocycles. The number of aromatic nitrogens is 5. The highest BCUT2D eigenvalue weighted by Crippen LogP contribution is 2.53. The third kappa shape index (κ3) is 4.18. The molecule has 7 rings (SSSR count). The first-order valence-electron chi connectivity index (χ1n) is 13.3. The molecule has 0 radical (unpaired) electrons. The number of alkyl halides is 3. The lowest BCUT2D eigenvalue weighted by Gasteiger charge is -2.40. The van der Waals surface area contributed by atoms with Crippen LogP contribution in [0.5, 0.6) is 0 Å². The third-order valence-corrected chi connectivity index (χ3v) is 8.80. The molecule has 0 N–H and O–H groups in total. The third-order valence-electron chi connectivity index (χ3n) is 8.80. The van der Waals surface area contributed by atoms with Crippen LogP contribution in [0, 0.1) is 17.2 Å². The number of hydrogen-bond donors (Lipinski definition) is 0. The minimum Gasteiger partial charge on any atom is -0.320 e. The maximum absolute atomic E-state index is 15.0. The highest BCUT2D eigenvalue weighted by Gasteiger charge is 2.52. The predicted octanol–water partition coefficient (Wildman–Crippen LogP) is 4.90. The summed E-state index contributed by atoms with van der Waals surface area (Å²) in [7, 11) is 1.83. The van der Waals surface area contributed by atoms with Crippen molar-refractivity contribution in [2.75, 3.05) is 13.1 Å². The Kier molecular flexibility index (Phi) is 5.36. The molecule has 4 aromatic rings. The van der Waals surface area contributed by atoms with Crippen molar-refractivity contribution in [1.82, 2.24) is 28.6 Å². The zero-order valence-electron chi connectivity index (χ0n) is 21.5. The Morgan fingerprint density at radius 3 is 2.49 bits per heavy atom. The van der Waals surface area contributed by atoms with Gasteiger partial charge in [0.05, 0.1) is 16.8 Å². The van der Waals surface area contributed by atoms with Crippen LogP contribution >= 0.6 is 0 Å². The van der Waals surface area contributed by atoms with Gasteiger partial charge < -0.3 is 4.57 Å². The molecule has 0 bridgehead atoms. The molecule has 3 fully saturated rings. The molecule has 4 heterocycles. The molecule has 2 saturated carbocycles. The van der Waals surface area contributed by atoms with E-state index in [4.69, 9.17) is 0 Å². The lowest BCUT2D eigenvalue weighted by Crippen LogP contribution is -2.47. The lowest BCUT2D eigenvalue weighted by molar-refractivity contribution is -0.136.